The predicted molar refractivity (Wildman–Crippen MR) is 122 cm³/mol. The second kappa shape index (κ2) is 8.40. The smallest absolute Gasteiger partial charge is 0.350 e. The van der Waals surface area contributed by atoms with Gasteiger partial charge in [-0.2, -0.15) is 4.68 Å². The molecule has 33 heavy (non-hydrogen) atoms. The molecule has 2 aromatic carbocycles. The summed E-state index contributed by atoms with van der Waals surface area (Å²) in [6.45, 7) is 6.95. The molecule has 0 saturated heterocycles. The molecule has 1 N–H and O–H groups in total. The van der Waals surface area contributed by atoms with E-state index in [1.54, 1.807) is 26.1 Å². The average Bonchev–Trinajstić information content (AvgIpc) is 3.11. The van der Waals surface area contributed by atoms with E-state index in [9.17, 15) is 19.1 Å². The van der Waals surface area contributed by atoms with Gasteiger partial charge in [-0.05, 0) is 63.1 Å². The molecule has 0 amide bonds. The topological polar surface area (TPSA) is 82.0 Å². The highest BCUT2D eigenvalue weighted by Gasteiger charge is 2.20. The lowest BCUT2D eigenvalue weighted by Gasteiger charge is -2.18. The summed E-state index contributed by atoms with van der Waals surface area (Å²) in [6, 6.07) is 6.81. The van der Waals surface area contributed by atoms with Crippen LogP contribution >= 0.6 is 0 Å². The molecular formula is C24H24F2N4O3. The first-order valence-corrected chi connectivity index (χ1v) is 10.6. The third-order valence-corrected chi connectivity index (χ3v) is 5.75. The maximum Gasteiger partial charge on any atom is 0.350 e. The molecule has 0 spiro atoms. The first-order valence-electron chi connectivity index (χ1n) is 10.6. The van der Waals surface area contributed by atoms with Gasteiger partial charge in [0.15, 0.2) is 11.3 Å². The van der Waals surface area contributed by atoms with Crippen LogP contribution in [0.25, 0.3) is 27.7 Å². The Balaban J connectivity index is 2.03. The second-order valence-electron chi connectivity index (χ2n) is 8.17. The molecule has 4 aromatic rings. The molecule has 0 unspecified atom stereocenters. The molecule has 0 radical (unpaired) electrons. The highest BCUT2D eigenvalue weighted by atomic mass is 19.1. The van der Waals surface area contributed by atoms with Gasteiger partial charge in [-0.1, -0.05) is 6.07 Å². The fourth-order valence-electron chi connectivity index (χ4n) is 3.99. The number of benzene rings is 2. The number of aromatic nitrogens is 4. The highest BCUT2D eigenvalue weighted by Crippen LogP contribution is 2.27. The van der Waals surface area contributed by atoms with Crippen molar-refractivity contribution in [1.82, 2.24) is 18.9 Å². The molecular weight excluding hydrogens is 430 g/mol. The third-order valence-electron chi connectivity index (χ3n) is 5.75. The van der Waals surface area contributed by atoms with Gasteiger partial charge < -0.3 is 9.67 Å². The summed E-state index contributed by atoms with van der Waals surface area (Å²) in [5, 5.41) is 13.7. The Morgan fingerprint density at radius 1 is 1.09 bits per heavy atom. The van der Waals surface area contributed by atoms with Crippen LogP contribution in [0.1, 0.15) is 38.2 Å². The highest BCUT2D eigenvalue weighted by molar-refractivity contribution is 5.86. The quantitative estimate of drug-likeness (QED) is 0.499. The first kappa shape index (κ1) is 22.6. The van der Waals surface area contributed by atoms with Crippen molar-refractivity contribution in [3.8, 4) is 16.8 Å². The summed E-state index contributed by atoms with van der Waals surface area (Å²) in [7, 11) is 0. The van der Waals surface area contributed by atoms with Crippen molar-refractivity contribution in [2.45, 2.75) is 46.9 Å². The molecule has 4 rings (SSSR count). The van der Waals surface area contributed by atoms with Gasteiger partial charge in [0.25, 0.3) is 0 Å². The summed E-state index contributed by atoms with van der Waals surface area (Å²) in [4.78, 5) is 26.1. The molecule has 2 heterocycles. The number of hydrogen-bond donors (Lipinski definition) is 1. The Morgan fingerprint density at radius 2 is 1.82 bits per heavy atom. The van der Waals surface area contributed by atoms with E-state index >= 15 is 4.39 Å². The van der Waals surface area contributed by atoms with E-state index in [1.807, 2.05) is 18.4 Å². The van der Waals surface area contributed by atoms with Crippen LogP contribution in [-0.2, 0) is 13.2 Å². The SMILES string of the molecule is CCn1c(CO)nn(-c2cc3c(cc2F)c(=O)c(-c2ccc(F)c(C)c2)cn3C(C)C)c1=O. The maximum absolute atomic E-state index is 15.2. The molecule has 0 aliphatic carbocycles. The number of aliphatic hydroxyl groups is 1. The number of hydrogen-bond acceptors (Lipinski definition) is 4. The van der Waals surface area contributed by atoms with Crippen LogP contribution in [0.2, 0.25) is 0 Å². The zero-order valence-electron chi connectivity index (χ0n) is 18.8. The number of aliphatic hydroxyl groups excluding tert-OH is 1. The van der Waals surface area contributed by atoms with Crippen LogP contribution in [0.4, 0.5) is 8.78 Å². The number of nitrogens with zero attached hydrogens (tertiary/aromatic N) is 4. The largest absolute Gasteiger partial charge is 0.388 e. The number of fused-ring (bicyclic) bond motifs is 1. The van der Waals surface area contributed by atoms with Crippen LogP contribution in [0, 0.1) is 18.6 Å². The fourth-order valence-corrected chi connectivity index (χ4v) is 3.99. The standard InChI is InChI=1S/C24H24F2N4O3/c1-5-28-22(12-31)27-30(24(28)33)21-10-20-16(9-19(21)26)23(32)17(11-29(20)13(2)3)15-6-7-18(25)14(4)8-15/h6-11,13,31H,5,12H2,1-4H3. The molecule has 2 aromatic heterocycles. The van der Waals surface area contributed by atoms with Gasteiger partial charge in [-0.3, -0.25) is 9.36 Å². The van der Waals surface area contributed by atoms with E-state index in [4.69, 9.17) is 0 Å². The summed E-state index contributed by atoms with van der Waals surface area (Å²) >= 11 is 0. The summed E-state index contributed by atoms with van der Waals surface area (Å²) in [5.41, 5.74) is 0.574. The Kier molecular flexibility index (Phi) is 5.75. The van der Waals surface area contributed by atoms with Gasteiger partial charge in [0.2, 0.25) is 0 Å². The Bertz CT molecular complexity index is 1500. The fraction of sp³-hybridized carbons (Fsp3) is 0.292. The number of rotatable bonds is 5. The minimum atomic E-state index is -0.797. The molecule has 0 bridgehead atoms. The average molecular weight is 454 g/mol. The van der Waals surface area contributed by atoms with Crippen LogP contribution in [0.15, 0.2) is 46.1 Å². The Labute approximate surface area is 188 Å². The van der Waals surface area contributed by atoms with Crippen molar-refractivity contribution < 1.29 is 13.9 Å². The van der Waals surface area contributed by atoms with E-state index in [-0.39, 0.29) is 35.3 Å². The van der Waals surface area contributed by atoms with Crippen molar-refractivity contribution >= 4 is 10.9 Å². The summed E-state index contributed by atoms with van der Waals surface area (Å²) in [5.74, 6) is -1.06. The maximum atomic E-state index is 15.2. The molecule has 0 aliphatic heterocycles. The van der Waals surface area contributed by atoms with Crippen LogP contribution in [-0.4, -0.2) is 24.0 Å². The van der Waals surface area contributed by atoms with Crippen LogP contribution < -0.4 is 11.1 Å². The first-order chi connectivity index (χ1) is 15.7. The van der Waals surface area contributed by atoms with Gasteiger partial charge in [0.05, 0.1) is 5.52 Å². The van der Waals surface area contributed by atoms with Crippen molar-refractivity contribution in [2.75, 3.05) is 0 Å². The van der Waals surface area contributed by atoms with Crippen LogP contribution in [0.5, 0.6) is 0 Å². The van der Waals surface area contributed by atoms with Crippen molar-refractivity contribution in [2.24, 2.45) is 0 Å². The van der Waals surface area contributed by atoms with Gasteiger partial charge in [-0.25, -0.2) is 13.6 Å². The Hall–Kier alpha value is -3.59. The number of aryl methyl sites for hydroxylation is 1. The number of pyridine rings is 1. The van der Waals surface area contributed by atoms with Crippen molar-refractivity contribution in [1.29, 1.82) is 0 Å². The van der Waals surface area contributed by atoms with Gasteiger partial charge in [0.1, 0.15) is 23.9 Å². The molecule has 0 atom stereocenters. The monoisotopic (exact) mass is 454 g/mol. The minimum Gasteiger partial charge on any atom is -0.388 e. The molecule has 7 nitrogen and oxygen atoms in total. The van der Waals surface area contributed by atoms with Crippen molar-refractivity contribution in [3.63, 3.8) is 0 Å². The van der Waals surface area contributed by atoms with Gasteiger partial charge >= 0.3 is 5.69 Å². The molecule has 0 fully saturated rings. The number of halogens is 2. The Morgan fingerprint density at radius 3 is 2.39 bits per heavy atom. The van der Waals surface area contributed by atoms with Gasteiger partial charge in [0, 0.05) is 29.7 Å². The van der Waals surface area contributed by atoms with E-state index in [1.165, 1.54) is 22.8 Å². The van der Waals surface area contributed by atoms with Gasteiger partial charge in [-0.15, -0.1) is 5.10 Å². The minimum absolute atomic E-state index is 0.107. The normalized spacial score (nSPS) is 11.6. The summed E-state index contributed by atoms with van der Waals surface area (Å²) < 4.78 is 32.9. The zero-order chi connectivity index (χ0) is 24.0. The molecule has 0 aliphatic rings. The zero-order valence-corrected chi connectivity index (χ0v) is 18.8. The van der Waals surface area contributed by atoms with E-state index in [0.717, 1.165) is 10.7 Å². The van der Waals surface area contributed by atoms with E-state index < -0.39 is 23.5 Å². The van der Waals surface area contributed by atoms with E-state index in [2.05, 4.69) is 5.10 Å². The predicted octanol–water partition coefficient (Wildman–Crippen LogP) is 3.70. The lowest BCUT2D eigenvalue weighted by atomic mass is 10.0. The van der Waals surface area contributed by atoms with Crippen molar-refractivity contribution in [3.05, 3.63) is 80.3 Å². The third kappa shape index (κ3) is 3.68. The molecule has 9 heteroatoms. The van der Waals surface area contributed by atoms with Crippen LogP contribution in [0.3, 0.4) is 0 Å². The lowest BCUT2D eigenvalue weighted by Crippen LogP contribution is -2.25. The second-order valence-corrected chi connectivity index (χ2v) is 8.17. The summed E-state index contributed by atoms with van der Waals surface area (Å²) in [6.07, 6.45) is 1.66. The lowest BCUT2D eigenvalue weighted by molar-refractivity contribution is 0.264. The van der Waals surface area contributed by atoms with E-state index in [0.29, 0.717) is 22.2 Å². The molecule has 172 valence electrons. The molecule has 0 saturated carbocycles.